The Morgan fingerprint density at radius 1 is 0.880 bits per heavy atom. The zero-order valence-electron chi connectivity index (χ0n) is 18.0. The van der Waals surface area contributed by atoms with Crippen molar-refractivity contribution in [3.05, 3.63) is 0 Å². The van der Waals surface area contributed by atoms with Crippen molar-refractivity contribution in [3.8, 4) is 0 Å². The highest BCUT2D eigenvalue weighted by Crippen LogP contribution is 2.50. The number of hydrogen-bond donors (Lipinski definition) is 0. The fourth-order valence-corrected chi connectivity index (χ4v) is 5.66. The second-order valence-corrected chi connectivity index (χ2v) is 11.5. The van der Waals surface area contributed by atoms with Crippen LogP contribution in [0.15, 0.2) is 0 Å². The molecule has 25 heavy (non-hydrogen) atoms. The van der Waals surface area contributed by atoms with Crippen LogP contribution in [0.3, 0.4) is 0 Å². The van der Waals surface area contributed by atoms with E-state index in [1.165, 1.54) is 77.5 Å². The molecule has 3 aliphatic rings. The summed E-state index contributed by atoms with van der Waals surface area (Å²) in [5.74, 6) is 1.90. The van der Waals surface area contributed by atoms with Crippen LogP contribution < -0.4 is 0 Å². The van der Waals surface area contributed by atoms with Crippen LogP contribution in [0.5, 0.6) is 0 Å². The van der Waals surface area contributed by atoms with Gasteiger partial charge in [-0.15, -0.1) is 0 Å². The van der Waals surface area contributed by atoms with E-state index in [1.807, 2.05) is 0 Å². The van der Waals surface area contributed by atoms with Crippen molar-refractivity contribution in [2.24, 2.45) is 17.3 Å². The van der Waals surface area contributed by atoms with Crippen LogP contribution in [0.25, 0.3) is 0 Å². The van der Waals surface area contributed by atoms with E-state index in [9.17, 15) is 0 Å². The third-order valence-electron chi connectivity index (χ3n) is 7.92. The van der Waals surface area contributed by atoms with Gasteiger partial charge in [0.15, 0.2) is 0 Å². The molecule has 0 aromatic rings. The Hall–Kier alpha value is -0.0800. The lowest BCUT2D eigenvalue weighted by Crippen LogP contribution is -2.59. The van der Waals surface area contributed by atoms with E-state index in [0.29, 0.717) is 16.5 Å². The average molecular weight is 349 g/mol. The van der Waals surface area contributed by atoms with Gasteiger partial charge in [0.25, 0.3) is 0 Å². The summed E-state index contributed by atoms with van der Waals surface area (Å²) in [5.41, 5.74) is 1.45. The molecule has 0 amide bonds. The highest BCUT2D eigenvalue weighted by atomic mass is 15.2. The standard InChI is InChI=1S/C23H44N2/c1-21(2,3)20-11-17-25(23(18-20)12-7-13-23)16-10-19-8-14-24(15-9-19)22(4,5)6/h19-20H,7-18H2,1-6H3. The Morgan fingerprint density at radius 2 is 1.52 bits per heavy atom. The normalized spacial score (nSPS) is 29.8. The zero-order chi connectivity index (χ0) is 18.3. The lowest BCUT2D eigenvalue weighted by Gasteiger charge is -2.57. The second kappa shape index (κ2) is 7.15. The maximum absolute atomic E-state index is 2.94. The molecular weight excluding hydrogens is 304 g/mol. The molecular formula is C23H44N2. The van der Waals surface area contributed by atoms with Crippen molar-refractivity contribution in [3.63, 3.8) is 0 Å². The van der Waals surface area contributed by atoms with Crippen LogP contribution in [-0.2, 0) is 0 Å². The van der Waals surface area contributed by atoms with Crippen LogP contribution in [0, 0.1) is 17.3 Å². The van der Waals surface area contributed by atoms with Crippen molar-refractivity contribution >= 4 is 0 Å². The van der Waals surface area contributed by atoms with Crippen molar-refractivity contribution in [2.75, 3.05) is 26.2 Å². The summed E-state index contributed by atoms with van der Waals surface area (Å²) in [6.45, 7) is 19.8. The summed E-state index contributed by atoms with van der Waals surface area (Å²) in [6, 6.07) is 0. The van der Waals surface area contributed by atoms with Gasteiger partial charge in [-0.3, -0.25) is 9.80 Å². The lowest BCUT2D eigenvalue weighted by atomic mass is 9.62. The highest BCUT2D eigenvalue weighted by Gasteiger charge is 2.48. The Balaban J connectivity index is 1.49. The number of hydrogen-bond acceptors (Lipinski definition) is 2. The van der Waals surface area contributed by atoms with E-state index in [0.717, 1.165) is 11.8 Å². The monoisotopic (exact) mass is 348 g/mol. The Labute approximate surface area is 157 Å². The van der Waals surface area contributed by atoms with Crippen molar-refractivity contribution in [1.82, 2.24) is 9.80 Å². The maximum atomic E-state index is 2.94. The third-order valence-corrected chi connectivity index (χ3v) is 7.92. The van der Waals surface area contributed by atoms with Crippen LogP contribution in [0.2, 0.25) is 0 Å². The number of rotatable bonds is 3. The molecule has 1 atom stereocenters. The quantitative estimate of drug-likeness (QED) is 0.658. The molecule has 1 unspecified atom stereocenters. The molecule has 1 spiro atoms. The van der Waals surface area contributed by atoms with E-state index in [2.05, 4.69) is 51.3 Å². The van der Waals surface area contributed by atoms with E-state index in [4.69, 9.17) is 0 Å². The number of piperidine rings is 2. The smallest absolute Gasteiger partial charge is 0.0212 e. The van der Waals surface area contributed by atoms with Crippen LogP contribution in [-0.4, -0.2) is 47.1 Å². The summed E-state index contributed by atoms with van der Waals surface area (Å²) in [5, 5.41) is 0. The number of likely N-dealkylation sites (tertiary alicyclic amines) is 2. The van der Waals surface area contributed by atoms with Gasteiger partial charge in [0.2, 0.25) is 0 Å². The zero-order valence-corrected chi connectivity index (χ0v) is 18.0. The third kappa shape index (κ3) is 4.43. The molecule has 2 saturated heterocycles. The summed E-state index contributed by atoms with van der Waals surface area (Å²) < 4.78 is 0. The van der Waals surface area contributed by atoms with Gasteiger partial charge in [-0.1, -0.05) is 20.8 Å². The first-order valence-corrected chi connectivity index (χ1v) is 11.1. The largest absolute Gasteiger partial charge is 0.298 e. The average Bonchev–Trinajstić information content (AvgIpc) is 2.50. The fraction of sp³-hybridized carbons (Fsp3) is 1.00. The van der Waals surface area contributed by atoms with Gasteiger partial charge in [0.05, 0.1) is 0 Å². The first-order chi connectivity index (χ1) is 11.6. The molecule has 2 nitrogen and oxygen atoms in total. The van der Waals surface area contributed by atoms with E-state index in [1.54, 1.807) is 0 Å². The van der Waals surface area contributed by atoms with E-state index in [-0.39, 0.29) is 0 Å². The van der Waals surface area contributed by atoms with E-state index < -0.39 is 0 Å². The molecule has 1 aliphatic carbocycles. The van der Waals surface area contributed by atoms with Crippen LogP contribution in [0.4, 0.5) is 0 Å². The molecule has 2 heteroatoms. The minimum atomic E-state index is 0.357. The molecule has 0 radical (unpaired) electrons. The lowest BCUT2D eigenvalue weighted by molar-refractivity contribution is -0.0624. The molecule has 0 aromatic carbocycles. The van der Waals surface area contributed by atoms with Crippen molar-refractivity contribution < 1.29 is 0 Å². The van der Waals surface area contributed by atoms with Gasteiger partial charge in [0, 0.05) is 11.1 Å². The predicted molar refractivity (Wildman–Crippen MR) is 109 cm³/mol. The summed E-state index contributed by atoms with van der Waals surface area (Å²) in [6.07, 6.45) is 11.6. The first-order valence-electron chi connectivity index (χ1n) is 11.1. The molecule has 3 rings (SSSR count). The molecule has 1 saturated carbocycles. The molecule has 146 valence electrons. The molecule has 0 aromatic heterocycles. The topological polar surface area (TPSA) is 6.48 Å². The fourth-order valence-electron chi connectivity index (χ4n) is 5.66. The maximum Gasteiger partial charge on any atom is 0.0212 e. The Morgan fingerprint density at radius 3 is 2.00 bits per heavy atom. The van der Waals surface area contributed by atoms with Crippen molar-refractivity contribution in [2.45, 2.75) is 104 Å². The van der Waals surface area contributed by atoms with Crippen LogP contribution >= 0.6 is 0 Å². The van der Waals surface area contributed by atoms with Gasteiger partial charge in [-0.05, 0) is 116 Å². The predicted octanol–water partition coefficient (Wildman–Crippen LogP) is 5.57. The minimum absolute atomic E-state index is 0.357. The highest BCUT2D eigenvalue weighted by molar-refractivity contribution is 5.03. The Bertz CT molecular complexity index is 430. The SMILES string of the molecule is CC(C)(C)C1CCN(CCC2CCN(C(C)(C)C)CC2)C2(CCC2)C1. The molecule has 0 bridgehead atoms. The molecule has 3 fully saturated rings. The molecule has 0 N–H and O–H groups in total. The Kier molecular flexibility index (Phi) is 5.63. The second-order valence-electron chi connectivity index (χ2n) is 11.5. The number of nitrogens with zero attached hydrogens (tertiary/aromatic N) is 2. The van der Waals surface area contributed by atoms with Gasteiger partial charge in [-0.2, -0.15) is 0 Å². The summed E-state index contributed by atoms with van der Waals surface area (Å²) >= 11 is 0. The summed E-state index contributed by atoms with van der Waals surface area (Å²) in [7, 11) is 0. The van der Waals surface area contributed by atoms with Gasteiger partial charge < -0.3 is 0 Å². The molecule has 2 heterocycles. The minimum Gasteiger partial charge on any atom is -0.298 e. The molecule has 2 aliphatic heterocycles. The first kappa shape index (κ1) is 19.7. The summed E-state index contributed by atoms with van der Waals surface area (Å²) in [4.78, 5) is 5.63. The van der Waals surface area contributed by atoms with Crippen molar-refractivity contribution in [1.29, 1.82) is 0 Å². The van der Waals surface area contributed by atoms with E-state index >= 15 is 0 Å². The van der Waals surface area contributed by atoms with Gasteiger partial charge >= 0.3 is 0 Å². The van der Waals surface area contributed by atoms with Gasteiger partial charge in [0.1, 0.15) is 0 Å². The van der Waals surface area contributed by atoms with Gasteiger partial charge in [-0.25, -0.2) is 0 Å². The van der Waals surface area contributed by atoms with Crippen LogP contribution in [0.1, 0.15) is 92.9 Å².